The summed E-state index contributed by atoms with van der Waals surface area (Å²) in [7, 11) is 0. The van der Waals surface area contributed by atoms with Crippen molar-refractivity contribution in [2.24, 2.45) is 0 Å². The van der Waals surface area contributed by atoms with Crippen LogP contribution in [0.1, 0.15) is 17.8 Å². The molecular weight excluding hydrogens is 282 g/mol. The number of rotatable bonds is 4. The van der Waals surface area contributed by atoms with Gasteiger partial charge < -0.3 is 14.8 Å². The van der Waals surface area contributed by atoms with Gasteiger partial charge in [0, 0.05) is 13.0 Å². The zero-order chi connectivity index (χ0) is 13.8. The highest BCUT2D eigenvalue weighted by Gasteiger charge is 2.15. The lowest BCUT2D eigenvalue weighted by atomic mass is 10.2. The van der Waals surface area contributed by atoms with E-state index < -0.39 is 0 Å². The van der Waals surface area contributed by atoms with Gasteiger partial charge >= 0.3 is 0 Å². The molecule has 2 aromatic rings. The first-order chi connectivity index (χ1) is 9.83. The fourth-order valence-electron chi connectivity index (χ4n) is 1.96. The number of hydrogen-bond acceptors (Lipinski definition) is 6. The number of hydrogen-bond donors (Lipinski definition) is 2. The Morgan fingerprint density at radius 3 is 3.00 bits per heavy atom. The van der Waals surface area contributed by atoms with Crippen LogP contribution in [0.2, 0.25) is 5.02 Å². The SMILES string of the molecule is Clc1cc(CNCc2nn[nH]n2)cc2c1OCCCO2. The van der Waals surface area contributed by atoms with E-state index >= 15 is 0 Å². The maximum absolute atomic E-state index is 6.23. The standard InChI is InChI=1S/C12H14ClN5O2/c13-9-4-8(6-14-7-11-15-17-18-16-11)5-10-12(9)20-3-1-2-19-10/h4-5,14H,1-3,6-7H2,(H,15,16,17,18). The topological polar surface area (TPSA) is 85.0 Å². The number of aromatic amines is 1. The summed E-state index contributed by atoms with van der Waals surface area (Å²) in [5.41, 5.74) is 1.02. The number of tetrazole rings is 1. The molecule has 3 rings (SSSR count). The van der Waals surface area contributed by atoms with Crippen molar-refractivity contribution in [2.45, 2.75) is 19.5 Å². The van der Waals surface area contributed by atoms with Gasteiger partial charge in [-0.3, -0.25) is 0 Å². The fraction of sp³-hybridized carbons (Fsp3) is 0.417. The minimum Gasteiger partial charge on any atom is -0.489 e. The quantitative estimate of drug-likeness (QED) is 0.884. The third-order valence-corrected chi connectivity index (χ3v) is 3.14. The monoisotopic (exact) mass is 295 g/mol. The Hall–Kier alpha value is -1.86. The third-order valence-electron chi connectivity index (χ3n) is 2.86. The molecule has 20 heavy (non-hydrogen) atoms. The molecule has 0 amide bonds. The van der Waals surface area contributed by atoms with Crippen molar-refractivity contribution in [1.29, 1.82) is 0 Å². The van der Waals surface area contributed by atoms with Gasteiger partial charge in [0.15, 0.2) is 17.3 Å². The van der Waals surface area contributed by atoms with E-state index in [4.69, 9.17) is 21.1 Å². The lowest BCUT2D eigenvalue weighted by molar-refractivity contribution is 0.297. The van der Waals surface area contributed by atoms with E-state index in [1.165, 1.54) is 0 Å². The normalized spacial score (nSPS) is 14.1. The van der Waals surface area contributed by atoms with Crippen LogP contribution < -0.4 is 14.8 Å². The predicted octanol–water partition coefficient (Wildman–Crippen LogP) is 1.30. The molecule has 0 radical (unpaired) electrons. The van der Waals surface area contributed by atoms with Gasteiger partial charge in [-0.2, -0.15) is 5.21 Å². The maximum atomic E-state index is 6.23. The summed E-state index contributed by atoms with van der Waals surface area (Å²) in [4.78, 5) is 0. The molecule has 0 aliphatic carbocycles. The Labute approximate surface area is 120 Å². The molecular formula is C12H14ClN5O2. The first-order valence-electron chi connectivity index (χ1n) is 6.34. The molecule has 0 saturated heterocycles. The van der Waals surface area contributed by atoms with E-state index in [0.717, 1.165) is 12.0 Å². The van der Waals surface area contributed by atoms with E-state index in [-0.39, 0.29) is 0 Å². The number of aromatic nitrogens is 4. The fourth-order valence-corrected chi connectivity index (χ4v) is 2.25. The van der Waals surface area contributed by atoms with E-state index in [9.17, 15) is 0 Å². The molecule has 106 valence electrons. The molecule has 8 heteroatoms. The smallest absolute Gasteiger partial charge is 0.188 e. The number of H-pyrrole nitrogens is 1. The average molecular weight is 296 g/mol. The van der Waals surface area contributed by atoms with Crippen molar-refractivity contribution in [3.05, 3.63) is 28.5 Å². The van der Waals surface area contributed by atoms with Crippen molar-refractivity contribution in [3.8, 4) is 11.5 Å². The van der Waals surface area contributed by atoms with Crippen LogP contribution >= 0.6 is 11.6 Å². The Morgan fingerprint density at radius 1 is 1.25 bits per heavy atom. The molecule has 0 atom stereocenters. The molecule has 1 aromatic heterocycles. The van der Waals surface area contributed by atoms with Gasteiger partial charge in [-0.1, -0.05) is 16.8 Å². The number of benzene rings is 1. The third kappa shape index (κ3) is 3.00. The number of nitrogens with one attached hydrogen (secondary N) is 2. The summed E-state index contributed by atoms with van der Waals surface area (Å²) in [6.45, 7) is 2.43. The van der Waals surface area contributed by atoms with Crippen molar-refractivity contribution < 1.29 is 9.47 Å². The summed E-state index contributed by atoms with van der Waals surface area (Å²) >= 11 is 6.23. The highest BCUT2D eigenvalue weighted by atomic mass is 35.5. The summed E-state index contributed by atoms with van der Waals surface area (Å²) in [6, 6.07) is 3.81. The Balaban J connectivity index is 1.67. The summed E-state index contributed by atoms with van der Waals surface area (Å²) < 4.78 is 11.2. The molecule has 0 saturated carbocycles. The molecule has 1 aromatic carbocycles. The second-order valence-corrected chi connectivity index (χ2v) is 4.79. The number of nitrogens with zero attached hydrogens (tertiary/aromatic N) is 3. The van der Waals surface area contributed by atoms with Crippen LogP contribution in [-0.2, 0) is 13.1 Å². The van der Waals surface area contributed by atoms with Crippen LogP contribution in [0.25, 0.3) is 0 Å². The molecule has 0 fully saturated rings. The van der Waals surface area contributed by atoms with Gasteiger partial charge in [0.1, 0.15) is 0 Å². The zero-order valence-corrected chi connectivity index (χ0v) is 11.5. The van der Waals surface area contributed by atoms with Crippen LogP contribution in [-0.4, -0.2) is 33.8 Å². The minimum absolute atomic E-state index is 0.530. The highest BCUT2D eigenvalue weighted by molar-refractivity contribution is 6.32. The van der Waals surface area contributed by atoms with Gasteiger partial charge in [-0.05, 0) is 17.7 Å². The molecule has 0 spiro atoms. The van der Waals surface area contributed by atoms with Gasteiger partial charge in [-0.25, -0.2) is 0 Å². The lowest BCUT2D eigenvalue weighted by Crippen LogP contribution is -2.14. The van der Waals surface area contributed by atoms with Gasteiger partial charge in [0.05, 0.1) is 24.8 Å². The van der Waals surface area contributed by atoms with E-state index in [0.29, 0.717) is 48.6 Å². The Morgan fingerprint density at radius 2 is 2.15 bits per heavy atom. The van der Waals surface area contributed by atoms with Crippen LogP contribution in [0, 0.1) is 0 Å². The van der Waals surface area contributed by atoms with Crippen LogP contribution in [0.5, 0.6) is 11.5 Å². The number of ether oxygens (including phenoxy) is 2. The van der Waals surface area contributed by atoms with E-state index in [2.05, 4.69) is 25.9 Å². The highest BCUT2D eigenvalue weighted by Crippen LogP contribution is 2.37. The second-order valence-electron chi connectivity index (χ2n) is 4.39. The first kappa shape index (κ1) is 13.1. The number of fused-ring (bicyclic) bond motifs is 1. The van der Waals surface area contributed by atoms with Crippen LogP contribution in [0.15, 0.2) is 12.1 Å². The molecule has 1 aliphatic rings. The average Bonchev–Trinajstić information content (AvgIpc) is 2.83. The Bertz CT molecular complexity index is 575. The number of halogens is 1. The second kappa shape index (κ2) is 6.06. The minimum atomic E-state index is 0.530. The van der Waals surface area contributed by atoms with Crippen molar-refractivity contribution in [1.82, 2.24) is 25.9 Å². The van der Waals surface area contributed by atoms with Crippen molar-refractivity contribution >= 4 is 11.6 Å². The molecule has 2 N–H and O–H groups in total. The van der Waals surface area contributed by atoms with Gasteiger partial charge in [0.2, 0.25) is 0 Å². The maximum Gasteiger partial charge on any atom is 0.188 e. The zero-order valence-electron chi connectivity index (χ0n) is 10.7. The predicted molar refractivity (Wildman–Crippen MR) is 71.8 cm³/mol. The molecule has 7 nitrogen and oxygen atoms in total. The van der Waals surface area contributed by atoms with Crippen molar-refractivity contribution in [3.63, 3.8) is 0 Å². The van der Waals surface area contributed by atoms with Gasteiger partial charge in [0.25, 0.3) is 0 Å². The lowest BCUT2D eigenvalue weighted by Gasteiger charge is -2.11. The summed E-state index contributed by atoms with van der Waals surface area (Å²) in [5.74, 6) is 1.95. The largest absolute Gasteiger partial charge is 0.489 e. The molecule has 0 bridgehead atoms. The van der Waals surface area contributed by atoms with E-state index in [1.807, 2.05) is 12.1 Å². The first-order valence-corrected chi connectivity index (χ1v) is 6.72. The molecule has 1 aliphatic heterocycles. The summed E-state index contributed by atoms with van der Waals surface area (Å²) in [5, 5.41) is 17.4. The molecule has 0 unspecified atom stereocenters. The molecule has 2 heterocycles. The van der Waals surface area contributed by atoms with Crippen LogP contribution in [0.4, 0.5) is 0 Å². The van der Waals surface area contributed by atoms with Gasteiger partial charge in [-0.15, -0.1) is 10.2 Å². The summed E-state index contributed by atoms with van der Waals surface area (Å²) in [6.07, 6.45) is 0.858. The van der Waals surface area contributed by atoms with Crippen molar-refractivity contribution in [2.75, 3.05) is 13.2 Å². The van der Waals surface area contributed by atoms with Crippen LogP contribution in [0.3, 0.4) is 0 Å². The Kier molecular flexibility index (Phi) is 3.98. The van der Waals surface area contributed by atoms with E-state index in [1.54, 1.807) is 0 Å².